The van der Waals surface area contributed by atoms with Gasteiger partial charge in [-0.3, -0.25) is 4.68 Å². The van der Waals surface area contributed by atoms with Gasteiger partial charge in [-0.25, -0.2) is 0 Å². The number of hydrogen-bond donors (Lipinski definition) is 0. The van der Waals surface area contributed by atoms with Gasteiger partial charge in [0.05, 0.1) is 5.56 Å². The van der Waals surface area contributed by atoms with E-state index in [1.807, 2.05) is 0 Å². The fraction of sp³-hybridized carbons (Fsp3) is 0.375. The summed E-state index contributed by atoms with van der Waals surface area (Å²) < 4.78 is 44.9. The molecular formula is C16H15ClF3N3OS. The lowest BCUT2D eigenvalue weighted by Crippen LogP contribution is -2.12. The Morgan fingerprint density at radius 2 is 2.12 bits per heavy atom. The van der Waals surface area contributed by atoms with Gasteiger partial charge >= 0.3 is 6.18 Å². The van der Waals surface area contributed by atoms with Crippen LogP contribution in [-0.4, -0.2) is 15.5 Å². The Morgan fingerprint density at radius 3 is 2.68 bits per heavy atom. The van der Waals surface area contributed by atoms with Gasteiger partial charge < -0.3 is 4.74 Å². The van der Waals surface area contributed by atoms with Crippen molar-refractivity contribution < 1.29 is 17.9 Å². The highest BCUT2D eigenvalue weighted by molar-refractivity contribution is 7.99. The van der Waals surface area contributed by atoms with Crippen LogP contribution < -0.4 is 4.74 Å². The summed E-state index contributed by atoms with van der Waals surface area (Å²) in [5.41, 5.74) is -0.591. The summed E-state index contributed by atoms with van der Waals surface area (Å²) in [4.78, 5) is 0.705. The normalized spacial score (nSPS) is 11.4. The van der Waals surface area contributed by atoms with Crippen molar-refractivity contribution in [3.05, 3.63) is 34.5 Å². The SMILES string of the molecule is CCCCSc1cc(Oc2nn(C)c(C(F)(F)F)c2Cl)ccc1C#N. The Hall–Kier alpha value is -1.85. The first-order valence-corrected chi connectivity index (χ1v) is 8.78. The summed E-state index contributed by atoms with van der Waals surface area (Å²) in [6.07, 6.45) is -2.62. The maximum absolute atomic E-state index is 13.0. The number of alkyl halides is 3. The molecule has 0 aliphatic rings. The third kappa shape index (κ3) is 4.61. The number of nitrogens with zero attached hydrogens (tertiary/aromatic N) is 3. The molecule has 0 bridgehead atoms. The smallest absolute Gasteiger partial charge is 0.434 e. The molecule has 0 spiro atoms. The summed E-state index contributed by atoms with van der Waals surface area (Å²) in [6, 6.07) is 6.76. The number of hydrogen-bond acceptors (Lipinski definition) is 4. The molecule has 4 nitrogen and oxygen atoms in total. The van der Waals surface area contributed by atoms with Crippen LogP contribution in [0.15, 0.2) is 23.1 Å². The molecule has 2 rings (SSSR count). The highest BCUT2D eigenvalue weighted by atomic mass is 35.5. The molecule has 0 atom stereocenters. The van der Waals surface area contributed by atoms with E-state index in [1.165, 1.54) is 17.8 Å². The number of thioether (sulfide) groups is 1. The number of rotatable bonds is 6. The molecule has 0 N–H and O–H groups in total. The van der Waals surface area contributed by atoms with E-state index >= 15 is 0 Å². The standard InChI is InChI=1S/C16H15ClF3N3OS/c1-3-4-7-25-12-8-11(6-5-10(12)9-21)24-15-13(17)14(16(18,19)20)23(2)22-15/h5-6,8H,3-4,7H2,1-2H3. The van der Waals surface area contributed by atoms with Crippen molar-refractivity contribution in [2.75, 3.05) is 5.75 Å². The molecule has 1 aromatic heterocycles. The molecule has 0 aliphatic heterocycles. The lowest BCUT2D eigenvalue weighted by Gasteiger charge is -2.08. The van der Waals surface area contributed by atoms with E-state index < -0.39 is 16.9 Å². The van der Waals surface area contributed by atoms with Gasteiger partial charge in [-0.15, -0.1) is 16.9 Å². The average molecular weight is 390 g/mol. The molecule has 0 saturated heterocycles. The van der Waals surface area contributed by atoms with Crippen LogP contribution in [0.5, 0.6) is 11.6 Å². The quantitative estimate of drug-likeness (QED) is 0.473. The monoisotopic (exact) mass is 389 g/mol. The van der Waals surface area contributed by atoms with Crippen molar-refractivity contribution in [1.82, 2.24) is 9.78 Å². The molecule has 0 radical (unpaired) electrons. The average Bonchev–Trinajstić information content (AvgIpc) is 2.81. The first-order valence-electron chi connectivity index (χ1n) is 7.42. The first kappa shape index (κ1) is 19.5. The maximum atomic E-state index is 13.0. The maximum Gasteiger partial charge on any atom is 0.434 e. The van der Waals surface area contributed by atoms with Crippen LogP contribution in [-0.2, 0) is 13.2 Å². The van der Waals surface area contributed by atoms with Crippen LogP contribution in [0.1, 0.15) is 31.0 Å². The lowest BCUT2D eigenvalue weighted by atomic mass is 10.2. The molecule has 0 aliphatic carbocycles. The third-order valence-electron chi connectivity index (χ3n) is 3.27. The molecule has 2 aromatic rings. The molecule has 9 heteroatoms. The molecule has 25 heavy (non-hydrogen) atoms. The van der Waals surface area contributed by atoms with E-state index in [9.17, 15) is 13.2 Å². The number of nitriles is 1. The number of unbranched alkanes of at least 4 members (excludes halogenated alkanes) is 1. The summed E-state index contributed by atoms with van der Waals surface area (Å²) in [6.45, 7) is 2.06. The second-order valence-corrected chi connectivity index (χ2v) is 6.68. The van der Waals surface area contributed by atoms with Crippen LogP contribution in [0.3, 0.4) is 0 Å². The fourth-order valence-corrected chi connectivity index (χ4v) is 3.49. The van der Waals surface area contributed by atoms with Crippen LogP contribution >= 0.6 is 23.4 Å². The molecule has 1 aromatic carbocycles. The molecule has 134 valence electrons. The summed E-state index contributed by atoms with van der Waals surface area (Å²) in [7, 11) is 1.15. The number of benzene rings is 1. The van der Waals surface area contributed by atoms with Crippen molar-refractivity contribution in [2.45, 2.75) is 30.8 Å². The van der Waals surface area contributed by atoms with Crippen LogP contribution in [0.4, 0.5) is 13.2 Å². The van der Waals surface area contributed by atoms with Crippen LogP contribution in [0, 0.1) is 11.3 Å². The van der Waals surface area contributed by atoms with Gasteiger partial charge in [-0.2, -0.15) is 18.4 Å². The Morgan fingerprint density at radius 1 is 1.40 bits per heavy atom. The van der Waals surface area contributed by atoms with Gasteiger partial charge in [0.25, 0.3) is 5.88 Å². The molecule has 0 saturated carbocycles. The minimum Gasteiger partial charge on any atom is -0.436 e. The predicted molar refractivity (Wildman–Crippen MR) is 90.1 cm³/mol. The zero-order chi connectivity index (χ0) is 18.6. The summed E-state index contributed by atoms with van der Waals surface area (Å²) >= 11 is 7.28. The van der Waals surface area contributed by atoms with Gasteiger partial charge in [0.2, 0.25) is 0 Å². The second-order valence-electron chi connectivity index (χ2n) is 5.16. The number of halogens is 4. The topological polar surface area (TPSA) is 50.8 Å². The molecule has 0 amide bonds. The van der Waals surface area contributed by atoms with E-state index in [4.69, 9.17) is 21.6 Å². The molecular weight excluding hydrogens is 375 g/mol. The second kappa shape index (κ2) is 8.02. The first-order chi connectivity index (χ1) is 11.8. The zero-order valence-corrected chi connectivity index (χ0v) is 15.1. The summed E-state index contributed by atoms with van der Waals surface area (Å²) in [5.74, 6) is 0.773. The van der Waals surface area contributed by atoms with Crippen molar-refractivity contribution >= 4 is 23.4 Å². The predicted octanol–water partition coefficient (Wildman–Crippen LogP) is 5.65. The van der Waals surface area contributed by atoms with E-state index in [2.05, 4.69) is 18.1 Å². The minimum atomic E-state index is -4.63. The lowest BCUT2D eigenvalue weighted by molar-refractivity contribution is -0.143. The Labute approximate surface area is 152 Å². The van der Waals surface area contributed by atoms with Crippen LogP contribution in [0.2, 0.25) is 5.02 Å². The van der Waals surface area contributed by atoms with E-state index in [1.54, 1.807) is 12.1 Å². The number of aryl methyl sites for hydroxylation is 1. The molecule has 0 fully saturated rings. The fourth-order valence-electron chi connectivity index (χ4n) is 2.06. The molecule has 1 heterocycles. The highest BCUT2D eigenvalue weighted by Gasteiger charge is 2.39. The van der Waals surface area contributed by atoms with Gasteiger partial charge in [-0.05, 0) is 30.4 Å². The third-order valence-corrected chi connectivity index (χ3v) is 4.75. The van der Waals surface area contributed by atoms with Gasteiger partial charge in [0.1, 0.15) is 16.8 Å². The Balaban J connectivity index is 2.29. The van der Waals surface area contributed by atoms with Gasteiger partial charge in [-0.1, -0.05) is 24.9 Å². The zero-order valence-electron chi connectivity index (χ0n) is 13.5. The van der Waals surface area contributed by atoms with Gasteiger partial charge in [0.15, 0.2) is 5.69 Å². The van der Waals surface area contributed by atoms with E-state index in [-0.39, 0.29) is 11.6 Å². The van der Waals surface area contributed by atoms with Gasteiger partial charge in [0, 0.05) is 11.9 Å². The Kier molecular flexibility index (Phi) is 6.25. The van der Waals surface area contributed by atoms with Crippen LogP contribution in [0.25, 0.3) is 0 Å². The van der Waals surface area contributed by atoms with E-state index in [0.29, 0.717) is 15.1 Å². The largest absolute Gasteiger partial charge is 0.436 e. The molecule has 0 unspecified atom stereocenters. The minimum absolute atomic E-state index is 0.270. The number of aromatic nitrogens is 2. The number of ether oxygens (including phenoxy) is 1. The summed E-state index contributed by atoms with van der Waals surface area (Å²) in [5, 5.41) is 12.3. The van der Waals surface area contributed by atoms with Crippen molar-refractivity contribution in [3.63, 3.8) is 0 Å². The van der Waals surface area contributed by atoms with E-state index in [0.717, 1.165) is 25.6 Å². The van der Waals surface area contributed by atoms with Crippen molar-refractivity contribution in [2.24, 2.45) is 7.05 Å². The Bertz CT molecular complexity index is 799. The van der Waals surface area contributed by atoms with Crippen molar-refractivity contribution in [1.29, 1.82) is 5.26 Å². The highest BCUT2D eigenvalue weighted by Crippen LogP contribution is 2.40. The van der Waals surface area contributed by atoms with Crippen molar-refractivity contribution in [3.8, 4) is 17.7 Å².